The van der Waals surface area contributed by atoms with Crippen molar-refractivity contribution in [2.75, 3.05) is 27.2 Å². The van der Waals surface area contributed by atoms with E-state index in [4.69, 9.17) is 4.98 Å². The smallest absolute Gasteiger partial charge is 0.269 e. The van der Waals surface area contributed by atoms with Gasteiger partial charge in [-0.15, -0.1) is 0 Å². The number of hydrogen-bond acceptors (Lipinski definition) is 5. The predicted molar refractivity (Wildman–Crippen MR) is 122 cm³/mol. The second-order valence-corrected chi connectivity index (χ2v) is 8.53. The first-order valence-corrected chi connectivity index (χ1v) is 10.9. The highest BCUT2D eigenvalue weighted by molar-refractivity contribution is 6.08. The summed E-state index contributed by atoms with van der Waals surface area (Å²) in [6.45, 7) is 1.31. The first-order valence-electron chi connectivity index (χ1n) is 10.9. The van der Waals surface area contributed by atoms with E-state index >= 15 is 4.39 Å². The van der Waals surface area contributed by atoms with Crippen molar-refractivity contribution in [2.45, 2.75) is 25.7 Å². The molecule has 5 rings (SSSR count). The summed E-state index contributed by atoms with van der Waals surface area (Å²) in [5.41, 5.74) is 5.23. The number of hydrogen-bond donors (Lipinski definition) is 2. The third-order valence-corrected chi connectivity index (χ3v) is 6.07. The summed E-state index contributed by atoms with van der Waals surface area (Å²) in [5.74, 6) is -0.573. The largest absolute Gasteiger partial charge is 0.349 e. The molecule has 1 aliphatic rings. The van der Waals surface area contributed by atoms with Crippen molar-refractivity contribution in [3.63, 3.8) is 0 Å². The van der Waals surface area contributed by atoms with Gasteiger partial charge in [0.1, 0.15) is 11.2 Å². The van der Waals surface area contributed by atoms with Crippen LogP contribution in [0.25, 0.3) is 33.1 Å². The molecule has 0 unspecified atom stereocenters. The second kappa shape index (κ2) is 8.27. The van der Waals surface area contributed by atoms with Crippen LogP contribution < -0.4 is 5.32 Å². The van der Waals surface area contributed by atoms with E-state index < -0.39 is 0 Å². The number of pyridine rings is 2. The Morgan fingerprint density at radius 1 is 1.19 bits per heavy atom. The van der Waals surface area contributed by atoms with Gasteiger partial charge in [0.25, 0.3) is 5.91 Å². The molecule has 0 fully saturated rings. The number of amides is 1. The highest BCUT2D eigenvalue weighted by Crippen LogP contribution is 2.38. The number of nitrogens with zero attached hydrogens (tertiary/aromatic N) is 4. The number of aromatic nitrogens is 4. The van der Waals surface area contributed by atoms with Crippen molar-refractivity contribution in [3.05, 3.63) is 53.2 Å². The van der Waals surface area contributed by atoms with Gasteiger partial charge in [-0.3, -0.25) is 14.9 Å². The van der Waals surface area contributed by atoms with E-state index in [0.717, 1.165) is 65.4 Å². The van der Waals surface area contributed by atoms with Gasteiger partial charge in [0.05, 0.1) is 17.4 Å². The maximum absolute atomic E-state index is 15.0. The van der Waals surface area contributed by atoms with Crippen LogP contribution in [0.4, 0.5) is 4.39 Å². The Morgan fingerprint density at radius 2 is 2.00 bits per heavy atom. The molecule has 3 aromatic heterocycles. The molecule has 0 saturated heterocycles. The fourth-order valence-electron chi connectivity index (χ4n) is 4.47. The average molecular weight is 433 g/mol. The molecule has 7 nitrogen and oxygen atoms in total. The summed E-state index contributed by atoms with van der Waals surface area (Å²) in [6, 6.07) is 5.01. The van der Waals surface area contributed by atoms with E-state index in [9.17, 15) is 4.79 Å². The minimum atomic E-state index is -0.365. The molecule has 1 aromatic carbocycles. The number of benzene rings is 1. The number of carbonyl (C=O) groups is 1. The lowest BCUT2D eigenvalue weighted by Gasteiger charge is -2.22. The number of H-pyrrole nitrogens is 1. The van der Waals surface area contributed by atoms with Crippen molar-refractivity contribution in [1.29, 1.82) is 0 Å². The van der Waals surface area contributed by atoms with Gasteiger partial charge in [0, 0.05) is 41.7 Å². The van der Waals surface area contributed by atoms with Crippen LogP contribution in [0.2, 0.25) is 0 Å². The summed E-state index contributed by atoms with van der Waals surface area (Å²) in [6.07, 6.45) is 7.31. The van der Waals surface area contributed by atoms with Crippen LogP contribution in [0, 0.1) is 5.82 Å². The zero-order valence-corrected chi connectivity index (χ0v) is 18.2. The third kappa shape index (κ3) is 3.60. The molecule has 0 atom stereocenters. The van der Waals surface area contributed by atoms with Gasteiger partial charge in [0.2, 0.25) is 0 Å². The van der Waals surface area contributed by atoms with Gasteiger partial charge in [-0.25, -0.2) is 9.37 Å². The van der Waals surface area contributed by atoms with E-state index in [-0.39, 0.29) is 11.7 Å². The molecule has 164 valence electrons. The molecule has 1 amide bonds. The number of halogens is 1. The van der Waals surface area contributed by atoms with E-state index in [1.54, 1.807) is 18.5 Å². The molecular formula is C24H25FN6O. The summed E-state index contributed by atoms with van der Waals surface area (Å²) in [7, 11) is 3.91. The third-order valence-electron chi connectivity index (χ3n) is 6.07. The van der Waals surface area contributed by atoms with Crippen LogP contribution in [-0.4, -0.2) is 58.2 Å². The average Bonchev–Trinajstić information content (AvgIpc) is 3.26. The Hall–Kier alpha value is -3.39. The van der Waals surface area contributed by atoms with Crippen molar-refractivity contribution in [3.8, 4) is 11.3 Å². The highest BCUT2D eigenvalue weighted by Gasteiger charge is 2.23. The number of aryl methyl sites for hydroxylation is 1. The zero-order chi connectivity index (χ0) is 22.2. The molecular weight excluding hydrogens is 407 g/mol. The lowest BCUT2D eigenvalue weighted by molar-refractivity contribution is 0.0946. The summed E-state index contributed by atoms with van der Waals surface area (Å²) in [5, 5.41) is 11.6. The van der Waals surface area contributed by atoms with Crippen molar-refractivity contribution < 1.29 is 9.18 Å². The van der Waals surface area contributed by atoms with Crippen molar-refractivity contribution >= 4 is 27.7 Å². The molecule has 3 heterocycles. The van der Waals surface area contributed by atoms with Crippen molar-refractivity contribution in [2.24, 2.45) is 0 Å². The first-order chi connectivity index (χ1) is 15.5. The van der Waals surface area contributed by atoms with Gasteiger partial charge in [-0.1, -0.05) is 0 Å². The lowest BCUT2D eigenvalue weighted by atomic mass is 9.85. The number of carbonyl (C=O) groups excluding carboxylic acids is 1. The molecule has 0 aliphatic heterocycles. The maximum atomic E-state index is 15.0. The van der Waals surface area contributed by atoms with Crippen molar-refractivity contribution in [1.82, 2.24) is 30.4 Å². The molecule has 4 aromatic rings. The van der Waals surface area contributed by atoms with Crippen LogP contribution in [0.1, 0.15) is 34.5 Å². The van der Waals surface area contributed by atoms with E-state index in [1.807, 2.05) is 25.1 Å². The second-order valence-electron chi connectivity index (χ2n) is 8.53. The maximum Gasteiger partial charge on any atom is 0.269 e. The predicted octanol–water partition coefficient (Wildman–Crippen LogP) is 3.48. The molecule has 32 heavy (non-hydrogen) atoms. The van der Waals surface area contributed by atoms with Crippen LogP contribution in [-0.2, 0) is 12.8 Å². The SMILES string of the molecule is CN(C)CCNC(=O)c1ccc(-c2nc3c(F)cc4[nH]ncc4c3c3c2CCCC3)cn1. The van der Waals surface area contributed by atoms with Gasteiger partial charge in [-0.05, 0) is 63.0 Å². The topological polar surface area (TPSA) is 86.8 Å². The minimum absolute atomic E-state index is 0.208. The van der Waals surface area contributed by atoms with Crippen LogP contribution in [0.15, 0.2) is 30.6 Å². The Balaban J connectivity index is 1.56. The molecule has 0 spiro atoms. The standard InChI is InChI=1S/C24H25FN6O/c1-31(2)10-9-26-24(32)19-8-7-14(12-27-19)22-16-6-4-3-5-15(16)21-17-13-28-30-20(17)11-18(25)23(21)29-22/h7-8,11-13H,3-6,9-10H2,1-2H3,(H,26,32)(H,28,30). The first kappa shape index (κ1) is 20.5. The van der Waals surface area contributed by atoms with Gasteiger partial charge < -0.3 is 10.2 Å². The zero-order valence-electron chi connectivity index (χ0n) is 18.2. The molecule has 2 N–H and O–H groups in total. The number of fused-ring (bicyclic) bond motifs is 5. The lowest BCUT2D eigenvalue weighted by Crippen LogP contribution is -2.31. The Kier molecular flexibility index (Phi) is 5.30. The number of nitrogens with one attached hydrogen (secondary N) is 2. The molecule has 1 aliphatic carbocycles. The molecule has 0 saturated carbocycles. The number of aromatic amines is 1. The van der Waals surface area contributed by atoms with Crippen LogP contribution in [0.5, 0.6) is 0 Å². The Labute approximate surface area is 185 Å². The monoisotopic (exact) mass is 432 g/mol. The fraction of sp³-hybridized carbons (Fsp3) is 0.333. The van der Waals surface area contributed by atoms with Gasteiger partial charge in [-0.2, -0.15) is 5.10 Å². The molecule has 8 heteroatoms. The Bertz CT molecular complexity index is 1310. The van der Waals surface area contributed by atoms with Gasteiger partial charge in [0.15, 0.2) is 5.82 Å². The van der Waals surface area contributed by atoms with Gasteiger partial charge >= 0.3 is 0 Å². The van der Waals surface area contributed by atoms with Crippen LogP contribution in [0.3, 0.4) is 0 Å². The highest BCUT2D eigenvalue weighted by atomic mass is 19.1. The van der Waals surface area contributed by atoms with E-state index in [1.165, 1.54) is 6.07 Å². The van der Waals surface area contributed by atoms with E-state index in [2.05, 4.69) is 20.5 Å². The molecule has 0 radical (unpaired) electrons. The van der Waals surface area contributed by atoms with Crippen LogP contribution >= 0.6 is 0 Å². The molecule has 0 bridgehead atoms. The summed E-state index contributed by atoms with van der Waals surface area (Å²) >= 11 is 0. The number of likely N-dealkylation sites (N-methyl/N-ethyl adjacent to an activating group) is 1. The Morgan fingerprint density at radius 3 is 2.75 bits per heavy atom. The fourth-order valence-corrected chi connectivity index (χ4v) is 4.47. The van der Waals surface area contributed by atoms with E-state index in [0.29, 0.717) is 23.3 Å². The minimum Gasteiger partial charge on any atom is -0.349 e. The normalized spacial score (nSPS) is 13.6. The summed E-state index contributed by atoms with van der Waals surface area (Å²) < 4.78 is 15.0. The number of rotatable bonds is 5. The summed E-state index contributed by atoms with van der Waals surface area (Å²) in [4.78, 5) is 23.5. The quantitative estimate of drug-likeness (QED) is 0.504.